The predicted molar refractivity (Wildman–Crippen MR) is 72.8 cm³/mol. The number of nitrogens with one attached hydrogen (secondary N) is 1. The van der Waals surface area contributed by atoms with Crippen molar-refractivity contribution in [1.29, 1.82) is 0 Å². The van der Waals surface area contributed by atoms with E-state index in [0.717, 1.165) is 29.3 Å². The van der Waals surface area contributed by atoms with Gasteiger partial charge in [-0.1, -0.05) is 31.5 Å². The van der Waals surface area contributed by atoms with Gasteiger partial charge < -0.3 is 5.32 Å². The topological polar surface area (TPSA) is 29.1 Å². The van der Waals surface area contributed by atoms with E-state index in [-0.39, 0.29) is 5.92 Å². The van der Waals surface area contributed by atoms with Gasteiger partial charge in [-0.3, -0.25) is 4.79 Å². The molecule has 0 spiro atoms. The molecule has 1 atom stereocenters. The smallest absolute Gasteiger partial charge is 0.169 e. The number of benzene rings is 1. The maximum Gasteiger partial charge on any atom is 0.169 e. The minimum atomic E-state index is 0.145. The van der Waals surface area contributed by atoms with Gasteiger partial charge in [0, 0.05) is 28.7 Å². The molecule has 3 heteroatoms. The van der Waals surface area contributed by atoms with Crippen LogP contribution in [0.2, 0.25) is 0 Å². The van der Waals surface area contributed by atoms with Crippen LogP contribution in [0.1, 0.15) is 30.1 Å². The fraction of sp³-hybridized carbons (Fsp3) is 0.500. The van der Waals surface area contributed by atoms with Crippen LogP contribution in [-0.2, 0) is 0 Å². The molecule has 1 aliphatic heterocycles. The SMILES string of the molecule is CCCCNC[C@@H]1CSc2ccccc2C1=O. The molecule has 0 amide bonds. The first-order chi connectivity index (χ1) is 8.33. The van der Waals surface area contributed by atoms with Crippen LogP contribution in [0.5, 0.6) is 0 Å². The molecule has 17 heavy (non-hydrogen) atoms. The van der Waals surface area contributed by atoms with Gasteiger partial charge >= 0.3 is 0 Å². The van der Waals surface area contributed by atoms with E-state index in [0.29, 0.717) is 5.78 Å². The van der Waals surface area contributed by atoms with Crippen LogP contribution in [0, 0.1) is 5.92 Å². The molecule has 1 aromatic rings. The summed E-state index contributed by atoms with van der Waals surface area (Å²) in [5, 5.41) is 3.38. The summed E-state index contributed by atoms with van der Waals surface area (Å²) < 4.78 is 0. The van der Waals surface area contributed by atoms with Crippen molar-refractivity contribution in [2.75, 3.05) is 18.8 Å². The van der Waals surface area contributed by atoms with Crippen LogP contribution >= 0.6 is 11.8 Å². The Balaban J connectivity index is 1.93. The van der Waals surface area contributed by atoms with Gasteiger partial charge in [-0.05, 0) is 19.0 Å². The molecule has 1 aliphatic rings. The van der Waals surface area contributed by atoms with Crippen molar-refractivity contribution >= 4 is 17.5 Å². The molecule has 0 radical (unpaired) electrons. The zero-order valence-corrected chi connectivity index (χ0v) is 11.1. The van der Waals surface area contributed by atoms with Crippen molar-refractivity contribution in [3.8, 4) is 0 Å². The van der Waals surface area contributed by atoms with Crippen LogP contribution in [0.15, 0.2) is 29.2 Å². The second kappa shape index (κ2) is 6.22. The number of fused-ring (bicyclic) bond motifs is 1. The molecule has 1 heterocycles. The zero-order chi connectivity index (χ0) is 12.1. The van der Waals surface area contributed by atoms with E-state index in [9.17, 15) is 4.79 Å². The lowest BCUT2D eigenvalue weighted by atomic mass is 9.98. The maximum atomic E-state index is 12.2. The van der Waals surface area contributed by atoms with Gasteiger partial charge in [0.25, 0.3) is 0 Å². The van der Waals surface area contributed by atoms with Gasteiger partial charge in [-0.25, -0.2) is 0 Å². The summed E-state index contributed by atoms with van der Waals surface area (Å²) in [4.78, 5) is 13.4. The second-order valence-corrected chi connectivity index (χ2v) is 5.49. The first-order valence-electron chi connectivity index (χ1n) is 6.29. The fourth-order valence-corrected chi connectivity index (χ4v) is 3.16. The standard InChI is InChI=1S/C14H19NOS/c1-2-3-8-15-9-11-10-17-13-7-5-4-6-12(13)14(11)16/h4-7,11,15H,2-3,8-10H2,1H3/t11-/m1/s1. The maximum absolute atomic E-state index is 12.2. The van der Waals surface area contributed by atoms with E-state index in [1.54, 1.807) is 11.8 Å². The highest BCUT2D eigenvalue weighted by atomic mass is 32.2. The summed E-state index contributed by atoms with van der Waals surface area (Å²) in [6.45, 7) is 4.02. The number of rotatable bonds is 5. The van der Waals surface area contributed by atoms with Crippen LogP contribution < -0.4 is 5.32 Å². The Kier molecular flexibility index (Phi) is 4.63. The Morgan fingerprint density at radius 2 is 2.24 bits per heavy atom. The minimum absolute atomic E-state index is 0.145. The van der Waals surface area contributed by atoms with E-state index in [1.165, 1.54) is 12.8 Å². The first-order valence-corrected chi connectivity index (χ1v) is 7.28. The highest BCUT2D eigenvalue weighted by Crippen LogP contribution is 2.32. The Morgan fingerprint density at radius 1 is 1.41 bits per heavy atom. The molecule has 0 aromatic heterocycles. The number of unbranched alkanes of at least 4 members (excludes halogenated alkanes) is 1. The van der Waals surface area contributed by atoms with Gasteiger partial charge in [0.1, 0.15) is 0 Å². The van der Waals surface area contributed by atoms with Crippen molar-refractivity contribution in [2.45, 2.75) is 24.7 Å². The van der Waals surface area contributed by atoms with E-state index < -0.39 is 0 Å². The molecule has 0 fully saturated rings. The highest BCUT2D eigenvalue weighted by Gasteiger charge is 2.26. The van der Waals surface area contributed by atoms with Crippen molar-refractivity contribution in [2.24, 2.45) is 5.92 Å². The molecule has 92 valence electrons. The van der Waals surface area contributed by atoms with Crippen molar-refractivity contribution in [3.63, 3.8) is 0 Å². The van der Waals surface area contributed by atoms with Gasteiger partial charge in [-0.2, -0.15) is 0 Å². The number of carbonyl (C=O) groups is 1. The number of carbonyl (C=O) groups excluding carboxylic acids is 1. The van der Waals surface area contributed by atoms with Gasteiger partial charge in [0.2, 0.25) is 0 Å². The third-order valence-corrected chi connectivity index (χ3v) is 4.30. The molecule has 2 nitrogen and oxygen atoms in total. The molecule has 2 rings (SSSR count). The van der Waals surface area contributed by atoms with Gasteiger partial charge in [0.05, 0.1) is 0 Å². The third-order valence-electron chi connectivity index (χ3n) is 3.06. The summed E-state index contributed by atoms with van der Waals surface area (Å²) in [7, 11) is 0. The van der Waals surface area contributed by atoms with Crippen LogP contribution in [-0.4, -0.2) is 24.6 Å². The van der Waals surface area contributed by atoms with E-state index in [1.807, 2.05) is 24.3 Å². The largest absolute Gasteiger partial charge is 0.316 e. The summed E-state index contributed by atoms with van der Waals surface area (Å²) in [6.07, 6.45) is 2.38. The van der Waals surface area contributed by atoms with E-state index >= 15 is 0 Å². The Morgan fingerprint density at radius 3 is 3.06 bits per heavy atom. The zero-order valence-electron chi connectivity index (χ0n) is 10.2. The summed E-state index contributed by atoms with van der Waals surface area (Å²) in [5.74, 6) is 1.37. The number of hydrogen-bond acceptors (Lipinski definition) is 3. The van der Waals surface area contributed by atoms with E-state index in [4.69, 9.17) is 0 Å². The number of ketones is 1. The third kappa shape index (κ3) is 3.11. The molecule has 0 aliphatic carbocycles. The summed E-state index contributed by atoms with van der Waals surface area (Å²) in [5.41, 5.74) is 0.908. The molecular formula is C14H19NOS. The Labute approximate surface area is 107 Å². The number of Topliss-reactive ketones (excluding diaryl/α,β-unsaturated/α-hetero) is 1. The van der Waals surface area contributed by atoms with Gasteiger partial charge in [-0.15, -0.1) is 11.8 Å². The average Bonchev–Trinajstić information content (AvgIpc) is 2.37. The minimum Gasteiger partial charge on any atom is -0.316 e. The lowest BCUT2D eigenvalue weighted by Crippen LogP contribution is -2.33. The summed E-state index contributed by atoms with van der Waals surface area (Å²) >= 11 is 1.80. The molecule has 1 N–H and O–H groups in total. The lowest BCUT2D eigenvalue weighted by Gasteiger charge is -2.22. The second-order valence-electron chi connectivity index (χ2n) is 4.43. The molecule has 1 aromatic carbocycles. The highest BCUT2D eigenvalue weighted by molar-refractivity contribution is 7.99. The lowest BCUT2D eigenvalue weighted by molar-refractivity contribution is 0.0926. The Bertz CT molecular complexity index is 392. The molecule has 0 saturated heterocycles. The Hall–Kier alpha value is -0.800. The summed E-state index contributed by atoms with van der Waals surface area (Å²) in [6, 6.07) is 7.94. The quantitative estimate of drug-likeness (QED) is 0.813. The van der Waals surface area contributed by atoms with Crippen molar-refractivity contribution in [3.05, 3.63) is 29.8 Å². The van der Waals surface area contributed by atoms with Crippen molar-refractivity contribution < 1.29 is 4.79 Å². The fourth-order valence-electron chi connectivity index (χ4n) is 2.01. The molecular weight excluding hydrogens is 230 g/mol. The van der Waals surface area contributed by atoms with Crippen LogP contribution in [0.25, 0.3) is 0 Å². The molecule has 0 saturated carbocycles. The average molecular weight is 249 g/mol. The van der Waals surface area contributed by atoms with Crippen molar-refractivity contribution in [1.82, 2.24) is 5.32 Å². The van der Waals surface area contributed by atoms with E-state index in [2.05, 4.69) is 12.2 Å². The number of hydrogen-bond donors (Lipinski definition) is 1. The van der Waals surface area contributed by atoms with Crippen LogP contribution in [0.3, 0.4) is 0 Å². The van der Waals surface area contributed by atoms with Crippen LogP contribution in [0.4, 0.5) is 0 Å². The first kappa shape index (κ1) is 12.7. The van der Waals surface area contributed by atoms with Gasteiger partial charge in [0.15, 0.2) is 5.78 Å². The predicted octanol–water partition coefficient (Wildman–Crippen LogP) is 2.98. The number of thioether (sulfide) groups is 1. The monoisotopic (exact) mass is 249 g/mol. The molecule has 0 bridgehead atoms. The molecule has 0 unspecified atom stereocenters. The normalized spacial score (nSPS) is 19.1.